The maximum Gasteiger partial charge on any atom is 0.265 e. The Kier molecular flexibility index (Phi) is 3.66. The van der Waals surface area contributed by atoms with Gasteiger partial charge in [0.1, 0.15) is 5.75 Å². The van der Waals surface area contributed by atoms with Crippen molar-refractivity contribution >= 4 is 11.6 Å². The van der Waals surface area contributed by atoms with Gasteiger partial charge in [0.2, 0.25) is 0 Å². The molecule has 4 heteroatoms. The summed E-state index contributed by atoms with van der Waals surface area (Å²) in [7, 11) is 0. The number of ether oxygens (including phenoxy) is 1. The van der Waals surface area contributed by atoms with Gasteiger partial charge in [0.25, 0.3) is 5.91 Å². The van der Waals surface area contributed by atoms with Crippen molar-refractivity contribution < 1.29 is 9.53 Å². The molecule has 1 aliphatic carbocycles. The molecule has 0 radical (unpaired) electrons. The highest BCUT2D eigenvalue weighted by Crippen LogP contribution is 2.33. The lowest BCUT2D eigenvalue weighted by Crippen LogP contribution is -2.38. The van der Waals surface area contributed by atoms with Crippen LogP contribution in [0.4, 0.5) is 5.69 Å². The molecule has 1 aliphatic heterocycles. The molecule has 3 rings (SSSR count). The van der Waals surface area contributed by atoms with Gasteiger partial charge in [-0.1, -0.05) is 6.07 Å². The van der Waals surface area contributed by atoms with Crippen LogP contribution in [-0.4, -0.2) is 31.1 Å². The summed E-state index contributed by atoms with van der Waals surface area (Å²) >= 11 is 0. The zero-order chi connectivity index (χ0) is 14.1. The second kappa shape index (κ2) is 5.44. The highest BCUT2D eigenvalue weighted by Gasteiger charge is 2.25. The first-order valence-electron chi connectivity index (χ1n) is 7.49. The Hall–Kier alpha value is -1.55. The molecule has 2 aliphatic rings. The van der Waals surface area contributed by atoms with Crippen molar-refractivity contribution in [3.63, 3.8) is 0 Å². The van der Waals surface area contributed by atoms with Gasteiger partial charge in [0.05, 0.1) is 5.69 Å². The number of anilines is 1. The Bertz CT molecular complexity index is 511. The lowest BCUT2D eigenvalue weighted by molar-refractivity contribution is -0.121. The minimum Gasteiger partial charge on any atom is -0.482 e. The van der Waals surface area contributed by atoms with Gasteiger partial charge in [-0.3, -0.25) is 4.79 Å². The van der Waals surface area contributed by atoms with Crippen LogP contribution >= 0.6 is 0 Å². The van der Waals surface area contributed by atoms with Crippen molar-refractivity contribution in [3.8, 4) is 5.75 Å². The number of carbonyl (C=O) groups is 1. The first-order valence-corrected chi connectivity index (χ1v) is 7.49. The van der Waals surface area contributed by atoms with Crippen LogP contribution in [0.3, 0.4) is 0 Å². The van der Waals surface area contributed by atoms with E-state index in [9.17, 15) is 4.79 Å². The number of carbonyl (C=O) groups excluding carboxylic acids is 1. The Morgan fingerprint density at radius 3 is 2.95 bits per heavy atom. The zero-order valence-corrected chi connectivity index (χ0v) is 12.2. The number of benzene rings is 1. The van der Waals surface area contributed by atoms with E-state index in [-0.39, 0.29) is 12.5 Å². The maximum atomic E-state index is 11.9. The van der Waals surface area contributed by atoms with E-state index < -0.39 is 0 Å². The largest absolute Gasteiger partial charge is 0.482 e. The summed E-state index contributed by atoms with van der Waals surface area (Å²) in [6.07, 6.45) is 3.59. The molecular weight excluding hydrogens is 252 g/mol. The van der Waals surface area contributed by atoms with Gasteiger partial charge in [-0.05, 0) is 50.8 Å². The quantitative estimate of drug-likeness (QED) is 0.894. The second-order valence-corrected chi connectivity index (χ2v) is 5.77. The Morgan fingerprint density at radius 1 is 1.45 bits per heavy atom. The van der Waals surface area contributed by atoms with Crippen molar-refractivity contribution in [2.24, 2.45) is 0 Å². The Morgan fingerprint density at radius 2 is 2.25 bits per heavy atom. The van der Waals surface area contributed by atoms with Crippen LogP contribution in [-0.2, 0) is 11.2 Å². The van der Waals surface area contributed by atoms with E-state index in [0.717, 1.165) is 23.9 Å². The van der Waals surface area contributed by atoms with Gasteiger partial charge in [0.15, 0.2) is 6.61 Å². The summed E-state index contributed by atoms with van der Waals surface area (Å²) in [5.41, 5.74) is 2.17. The first kappa shape index (κ1) is 13.4. The van der Waals surface area contributed by atoms with E-state index in [0.29, 0.717) is 12.6 Å². The van der Waals surface area contributed by atoms with Gasteiger partial charge < -0.3 is 15.0 Å². The number of rotatable bonds is 5. The van der Waals surface area contributed by atoms with Gasteiger partial charge in [-0.2, -0.15) is 0 Å². The average molecular weight is 274 g/mol. The minimum absolute atomic E-state index is 0.0429. The zero-order valence-electron chi connectivity index (χ0n) is 12.2. The van der Waals surface area contributed by atoms with E-state index in [1.807, 2.05) is 13.0 Å². The topological polar surface area (TPSA) is 41.6 Å². The molecular formula is C16H22N2O2. The lowest BCUT2D eigenvalue weighted by atomic mass is 10.0. The van der Waals surface area contributed by atoms with E-state index in [1.165, 1.54) is 18.4 Å². The summed E-state index contributed by atoms with van der Waals surface area (Å²) in [6.45, 7) is 5.06. The fourth-order valence-electron chi connectivity index (χ4n) is 2.79. The molecule has 1 aromatic carbocycles. The molecule has 108 valence electrons. The predicted molar refractivity (Wildman–Crippen MR) is 79.3 cm³/mol. The number of hydrogen-bond donors (Lipinski definition) is 1. The monoisotopic (exact) mass is 274 g/mol. The van der Waals surface area contributed by atoms with Crippen LogP contribution in [0.5, 0.6) is 5.75 Å². The molecule has 1 fully saturated rings. The third kappa shape index (κ3) is 2.80. The van der Waals surface area contributed by atoms with Crippen LogP contribution in [0.25, 0.3) is 0 Å². The Labute approximate surface area is 120 Å². The molecule has 4 nitrogen and oxygen atoms in total. The molecule has 0 aromatic heterocycles. The van der Waals surface area contributed by atoms with E-state index in [1.54, 1.807) is 4.90 Å². The van der Waals surface area contributed by atoms with Crippen LogP contribution in [0.2, 0.25) is 0 Å². The second-order valence-electron chi connectivity index (χ2n) is 5.77. The Balaban J connectivity index is 1.76. The summed E-state index contributed by atoms with van der Waals surface area (Å²) in [5, 5.41) is 3.60. The number of fused-ring (bicyclic) bond motifs is 1. The molecule has 1 heterocycles. The summed E-state index contributed by atoms with van der Waals surface area (Å²) in [6, 6.07) is 7.38. The molecule has 1 amide bonds. The van der Waals surface area contributed by atoms with Crippen LogP contribution < -0.4 is 15.0 Å². The van der Waals surface area contributed by atoms with Gasteiger partial charge in [0, 0.05) is 18.6 Å². The van der Waals surface area contributed by atoms with Crippen LogP contribution in [0, 0.1) is 0 Å². The van der Waals surface area contributed by atoms with Gasteiger partial charge in [-0.25, -0.2) is 0 Å². The van der Waals surface area contributed by atoms with Crippen molar-refractivity contribution in [2.75, 3.05) is 18.1 Å². The molecule has 0 saturated heterocycles. The van der Waals surface area contributed by atoms with Crippen LogP contribution in [0.15, 0.2) is 18.2 Å². The highest BCUT2D eigenvalue weighted by atomic mass is 16.5. The van der Waals surface area contributed by atoms with Crippen molar-refractivity contribution in [3.05, 3.63) is 23.8 Å². The molecule has 1 aromatic rings. The molecule has 1 unspecified atom stereocenters. The van der Waals surface area contributed by atoms with Crippen molar-refractivity contribution in [1.82, 2.24) is 5.32 Å². The lowest BCUT2D eigenvalue weighted by Gasteiger charge is -2.29. The van der Waals surface area contributed by atoms with Crippen LogP contribution in [0.1, 0.15) is 32.3 Å². The normalized spacial score (nSPS) is 19.5. The SMILES string of the molecule is CCN1C(=O)COc2ccc(CC(C)NC3CC3)cc21. The fraction of sp³-hybridized carbons (Fsp3) is 0.562. The van der Waals surface area contributed by atoms with Gasteiger partial charge in [-0.15, -0.1) is 0 Å². The third-order valence-electron chi connectivity index (χ3n) is 3.92. The smallest absolute Gasteiger partial charge is 0.265 e. The predicted octanol–water partition coefficient (Wildman–Crippen LogP) is 2.11. The third-order valence-corrected chi connectivity index (χ3v) is 3.92. The summed E-state index contributed by atoms with van der Waals surface area (Å²) in [5.74, 6) is 0.860. The van der Waals surface area contributed by atoms with E-state index in [4.69, 9.17) is 4.74 Å². The highest BCUT2D eigenvalue weighted by molar-refractivity contribution is 5.97. The molecule has 1 N–H and O–H groups in total. The summed E-state index contributed by atoms with van der Waals surface area (Å²) in [4.78, 5) is 13.7. The molecule has 20 heavy (non-hydrogen) atoms. The van der Waals surface area contributed by atoms with E-state index in [2.05, 4.69) is 24.4 Å². The number of nitrogens with one attached hydrogen (secondary N) is 1. The molecule has 0 spiro atoms. The van der Waals surface area contributed by atoms with Crippen molar-refractivity contribution in [2.45, 2.75) is 45.2 Å². The average Bonchev–Trinajstić information content (AvgIpc) is 3.22. The molecule has 0 bridgehead atoms. The number of hydrogen-bond acceptors (Lipinski definition) is 3. The number of nitrogens with zero attached hydrogens (tertiary/aromatic N) is 1. The molecule has 1 atom stereocenters. The fourth-order valence-corrected chi connectivity index (χ4v) is 2.79. The number of amides is 1. The van der Waals surface area contributed by atoms with Crippen molar-refractivity contribution in [1.29, 1.82) is 0 Å². The molecule has 1 saturated carbocycles. The standard InChI is InChI=1S/C16H22N2O2/c1-3-18-14-9-12(8-11(2)17-13-5-6-13)4-7-15(14)20-10-16(18)19/h4,7,9,11,13,17H,3,5-6,8,10H2,1-2H3. The summed E-state index contributed by atoms with van der Waals surface area (Å²) < 4.78 is 5.50. The number of likely N-dealkylation sites (N-methyl/N-ethyl adjacent to an activating group) is 1. The first-order chi connectivity index (χ1) is 9.67. The van der Waals surface area contributed by atoms with E-state index >= 15 is 0 Å². The van der Waals surface area contributed by atoms with Gasteiger partial charge >= 0.3 is 0 Å². The minimum atomic E-state index is 0.0429. The maximum absolute atomic E-state index is 11.9.